The topological polar surface area (TPSA) is 46.3 Å². The molecule has 1 amide bonds. The number of hydrogen-bond acceptors (Lipinski definition) is 2. The summed E-state index contributed by atoms with van der Waals surface area (Å²) >= 11 is 0. The zero-order valence-electron chi connectivity index (χ0n) is 11.9. The van der Waals surface area contributed by atoms with Gasteiger partial charge >= 0.3 is 0 Å². The standard InChI is InChI=1S/C16H24N2O/c1-12-6-3-4-7-15(12)14-10-13(2)18(11-14)16(19)8-5-9-17/h3-4,6-7,13-14H,5,8-11,17H2,1-2H3/t13-,14+/m0/s1. The van der Waals surface area contributed by atoms with E-state index in [-0.39, 0.29) is 5.91 Å². The van der Waals surface area contributed by atoms with Crippen molar-refractivity contribution in [3.05, 3.63) is 35.4 Å². The number of benzene rings is 1. The molecule has 3 heteroatoms. The summed E-state index contributed by atoms with van der Waals surface area (Å²) in [5, 5.41) is 0. The Bertz CT molecular complexity index is 444. The van der Waals surface area contributed by atoms with Crippen LogP contribution in [0.4, 0.5) is 0 Å². The predicted molar refractivity (Wildman–Crippen MR) is 78.0 cm³/mol. The van der Waals surface area contributed by atoms with Crippen molar-refractivity contribution in [2.45, 2.75) is 45.1 Å². The van der Waals surface area contributed by atoms with Gasteiger partial charge in [-0.05, 0) is 44.4 Å². The van der Waals surface area contributed by atoms with Crippen LogP contribution in [0.25, 0.3) is 0 Å². The second-order valence-corrected chi connectivity index (χ2v) is 5.58. The average molecular weight is 260 g/mol. The van der Waals surface area contributed by atoms with Crippen LogP contribution in [0.15, 0.2) is 24.3 Å². The number of nitrogens with zero attached hydrogens (tertiary/aromatic N) is 1. The number of hydrogen-bond donors (Lipinski definition) is 1. The largest absolute Gasteiger partial charge is 0.339 e. The van der Waals surface area contributed by atoms with Crippen LogP contribution >= 0.6 is 0 Å². The lowest BCUT2D eigenvalue weighted by molar-refractivity contribution is -0.131. The summed E-state index contributed by atoms with van der Waals surface area (Å²) in [5.41, 5.74) is 8.20. The molecule has 104 valence electrons. The zero-order valence-corrected chi connectivity index (χ0v) is 11.9. The van der Waals surface area contributed by atoms with Gasteiger partial charge in [0.05, 0.1) is 0 Å². The smallest absolute Gasteiger partial charge is 0.222 e. The van der Waals surface area contributed by atoms with E-state index >= 15 is 0 Å². The van der Waals surface area contributed by atoms with Crippen molar-refractivity contribution >= 4 is 5.91 Å². The lowest BCUT2D eigenvalue weighted by Gasteiger charge is -2.21. The molecule has 1 aliphatic heterocycles. The highest BCUT2D eigenvalue weighted by Gasteiger charge is 2.33. The lowest BCUT2D eigenvalue weighted by Crippen LogP contribution is -2.34. The van der Waals surface area contributed by atoms with E-state index in [0.29, 0.717) is 24.9 Å². The normalized spacial score (nSPS) is 22.8. The summed E-state index contributed by atoms with van der Waals surface area (Å²) in [7, 11) is 0. The third kappa shape index (κ3) is 3.16. The zero-order chi connectivity index (χ0) is 13.8. The van der Waals surface area contributed by atoms with Crippen molar-refractivity contribution in [1.82, 2.24) is 4.90 Å². The lowest BCUT2D eigenvalue weighted by atomic mass is 9.93. The molecular weight excluding hydrogens is 236 g/mol. The number of carbonyl (C=O) groups is 1. The van der Waals surface area contributed by atoms with E-state index in [1.807, 2.05) is 4.90 Å². The van der Waals surface area contributed by atoms with Gasteiger partial charge in [0.15, 0.2) is 0 Å². The fourth-order valence-corrected chi connectivity index (χ4v) is 3.05. The molecule has 0 aromatic heterocycles. The third-order valence-electron chi connectivity index (χ3n) is 4.12. The van der Waals surface area contributed by atoms with E-state index < -0.39 is 0 Å². The van der Waals surface area contributed by atoms with Crippen molar-refractivity contribution in [1.29, 1.82) is 0 Å². The van der Waals surface area contributed by atoms with Crippen LogP contribution in [0.3, 0.4) is 0 Å². The molecule has 19 heavy (non-hydrogen) atoms. The van der Waals surface area contributed by atoms with Crippen molar-refractivity contribution in [2.24, 2.45) is 5.73 Å². The van der Waals surface area contributed by atoms with Crippen LogP contribution in [-0.2, 0) is 4.79 Å². The monoisotopic (exact) mass is 260 g/mol. The van der Waals surface area contributed by atoms with E-state index in [0.717, 1.165) is 19.4 Å². The summed E-state index contributed by atoms with van der Waals surface area (Å²) in [6.07, 6.45) is 2.44. The second kappa shape index (κ2) is 6.20. The molecule has 0 unspecified atom stereocenters. The highest BCUT2D eigenvalue weighted by atomic mass is 16.2. The van der Waals surface area contributed by atoms with Gasteiger partial charge in [0.2, 0.25) is 5.91 Å². The molecule has 1 aliphatic rings. The first-order chi connectivity index (χ1) is 9.13. The van der Waals surface area contributed by atoms with Crippen LogP contribution in [0, 0.1) is 6.92 Å². The van der Waals surface area contributed by atoms with Gasteiger partial charge in [0.1, 0.15) is 0 Å². The van der Waals surface area contributed by atoms with E-state index in [9.17, 15) is 4.79 Å². The highest BCUT2D eigenvalue weighted by molar-refractivity contribution is 5.77. The molecule has 1 fully saturated rings. The molecule has 0 bridgehead atoms. The molecule has 2 rings (SSSR count). The first-order valence-electron chi connectivity index (χ1n) is 7.18. The number of nitrogens with two attached hydrogens (primary N) is 1. The quantitative estimate of drug-likeness (QED) is 0.904. The number of rotatable bonds is 4. The Morgan fingerprint density at radius 3 is 2.84 bits per heavy atom. The molecule has 0 radical (unpaired) electrons. The van der Waals surface area contributed by atoms with Crippen molar-refractivity contribution < 1.29 is 4.79 Å². The first-order valence-corrected chi connectivity index (χ1v) is 7.18. The molecule has 2 atom stereocenters. The van der Waals surface area contributed by atoms with Crippen LogP contribution in [-0.4, -0.2) is 29.9 Å². The maximum atomic E-state index is 12.1. The van der Waals surface area contributed by atoms with Gasteiger partial charge in [-0.1, -0.05) is 24.3 Å². The molecule has 0 spiro atoms. The Kier molecular flexibility index (Phi) is 4.59. The van der Waals surface area contributed by atoms with Gasteiger partial charge in [0.25, 0.3) is 0 Å². The Morgan fingerprint density at radius 1 is 1.42 bits per heavy atom. The molecule has 1 heterocycles. The molecular formula is C16H24N2O. The minimum absolute atomic E-state index is 0.258. The van der Waals surface area contributed by atoms with Crippen molar-refractivity contribution in [2.75, 3.05) is 13.1 Å². The summed E-state index contributed by atoms with van der Waals surface area (Å²) in [6.45, 7) is 5.75. The number of carbonyl (C=O) groups excluding carboxylic acids is 1. The molecule has 0 saturated carbocycles. The summed E-state index contributed by atoms with van der Waals surface area (Å²) in [4.78, 5) is 14.2. The summed E-state index contributed by atoms with van der Waals surface area (Å²) in [6, 6.07) is 8.85. The third-order valence-corrected chi connectivity index (χ3v) is 4.12. The van der Waals surface area contributed by atoms with Gasteiger partial charge in [-0.15, -0.1) is 0 Å². The predicted octanol–water partition coefficient (Wildman–Crippen LogP) is 2.44. The average Bonchev–Trinajstić information content (AvgIpc) is 2.78. The van der Waals surface area contributed by atoms with Crippen LogP contribution in [0.1, 0.15) is 43.2 Å². The number of likely N-dealkylation sites (tertiary alicyclic amines) is 1. The highest BCUT2D eigenvalue weighted by Crippen LogP contribution is 2.33. The minimum Gasteiger partial charge on any atom is -0.339 e. The van der Waals surface area contributed by atoms with E-state index in [1.165, 1.54) is 11.1 Å². The van der Waals surface area contributed by atoms with Gasteiger partial charge in [0, 0.05) is 24.9 Å². The molecule has 1 saturated heterocycles. The Balaban J connectivity index is 2.05. The van der Waals surface area contributed by atoms with Crippen LogP contribution in [0.2, 0.25) is 0 Å². The van der Waals surface area contributed by atoms with Crippen molar-refractivity contribution in [3.8, 4) is 0 Å². The van der Waals surface area contributed by atoms with E-state index in [2.05, 4.69) is 38.1 Å². The van der Waals surface area contributed by atoms with Crippen LogP contribution < -0.4 is 5.73 Å². The fourth-order valence-electron chi connectivity index (χ4n) is 3.05. The second-order valence-electron chi connectivity index (χ2n) is 5.58. The Hall–Kier alpha value is -1.35. The maximum absolute atomic E-state index is 12.1. The van der Waals surface area contributed by atoms with E-state index in [4.69, 9.17) is 5.73 Å². The van der Waals surface area contributed by atoms with Gasteiger partial charge in [-0.3, -0.25) is 4.79 Å². The van der Waals surface area contributed by atoms with E-state index in [1.54, 1.807) is 0 Å². The van der Waals surface area contributed by atoms with Gasteiger partial charge in [-0.25, -0.2) is 0 Å². The summed E-state index contributed by atoms with van der Waals surface area (Å²) < 4.78 is 0. The molecule has 2 N–H and O–H groups in total. The van der Waals surface area contributed by atoms with Crippen molar-refractivity contribution in [3.63, 3.8) is 0 Å². The SMILES string of the molecule is Cc1ccccc1[C@@H]1C[C@H](C)N(C(=O)CCCN)C1. The molecule has 3 nitrogen and oxygen atoms in total. The van der Waals surface area contributed by atoms with Crippen LogP contribution in [0.5, 0.6) is 0 Å². The summed E-state index contributed by atoms with van der Waals surface area (Å²) in [5.74, 6) is 0.743. The number of amides is 1. The maximum Gasteiger partial charge on any atom is 0.222 e. The number of aryl methyl sites for hydroxylation is 1. The molecule has 1 aromatic carbocycles. The minimum atomic E-state index is 0.258. The first kappa shape index (κ1) is 14.1. The van der Waals surface area contributed by atoms with Gasteiger partial charge in [-0.2, -0.15) is 0 Å². The molecule has 0 aliphatic carbocycles. The Labute approximate surface area is 115 Å². The molecule has 1 aromatic rings. The Morgan fingerprint density at radius 2 is 2.16 bits per heavy atom. The van der Waals surface area contributed by atoms with Gasteiger partial charge < -0.3 is 10.6 Å². The fraction of sp³-hybridized carbons (Fsp3) is 0.562.